The number of esters is 1. The molecule has 0 aliphatic rings. The number of nitrogens with zero attached hydrogens (tertiary/aromatic N) is 1. The summed E-state index contributed by atoms with van der Waals surface area (Å²) in [6.07, 6.45) is 0. The van der Waals surface area contributed by atoms with Crippen molar-refractivity contribution < 1.29 is 14.3 Å². The van der Waals surface area contributed by atoms with Crippen LogP contribution in [0.1, 0.15) is 21.5 Å². The lowest BCUT2D eigenvalue weighted by molar-refractivity contribution is -0.135. The van der Waals surface area contributed by atoms with Crippen LogP contribution in [0.15, 0.2) is 89.4 Å². The Hall–Kier alpha value is -2.92. The number of carbonyl (C=O) groups excluding carboxylic acids is 2. The van der Waals surface area contributed by atoms with Crippen LogP contribution in [-0.4, -0.2) is 23.4 Å². The van der Waals surface area contributed by atoms with Gasteiger partial charge in [0.2, 0.25) is 0 Å². The summed E-state index contributed by atoms with van der Waals surface area (Å²) in [6, 6.07) is 26.3. The lowest BCUT2D eigenvalue weighted by Crippen LogP contribution is -2.33. The Morgan fingerprint density at radius 1 is 0.750 bits per heavy atom. The van der Waals surface area contributed by atoms with E-state index in [1.165, 1.54) is 0 Å². The SMILES string of the molecule is O=C(OCC(=O)N(Cc1ccccc1)Cc1ccccc1)c1ccc(Br)cc1. The quantitative estimate of drug-likeness (QED) is 0.497. The van der Waals surface area contributed by atoms with Crippen LogP contribution < -0.4 is 0 Å². The standard InChI is InChI=1S/C23H20BrNO3/c24-21-13-11-20(12-14-21)23(27)28-17-22(26)25(15-18-7-3-1-4-8-18)16-19-9-5-2-6-10-19/h1-14H,15-17H2. The summed E-state index contributed by atoms with van der Waals surface area (Å²) < 4.78 is 6.11. The van der Waals surface area contributed by atoms with Crippen LogP contribution in [0.5, 0.6) is 0 Å². The van der Waals surface area contributed by atoms with Crippen molar-refractivity contribution in [1.82, 2.24) is 4.90 Å². The zero-order valence-corrected chi connectivity index (χ0v) is 16.8. The molecule has 4 nitrogen and oxygen atoms in total. The van der Waals surface area contributed by atoms with Crippen LogP contribution in [-0.2, 0) is 22.6 Å². The molecule has 0 aliphatic heterocycles. The summed E-state index contributed by atoms with van der Waals surface area (Å²) >= 11 is 3.33. The maximum atomic E-state index is 12.8. The topological polar surface area (TPSA) is 46.6 Å². The summed E-state index contributed by atoms with van der Waals surface area (Å²) in [5, 5.41) is 0. The van der Waals surface area contributed by atoms with Crippen molar-refractivity contribution in [3.63, 3.8) is 0 Å². The number of carbonyl (C=O) groups is 2. The van der Waals surface area contributed by atoms with Crippen LogP contribution in [0.2, 0.25) is 0 Å². The third-order valence-electron chi connectivity index (χ3n) is 4.19. The summed E-state index contributed by atoms with van der Waals surface area (Å²) in [4.78, 5) is 26.7. The summed E-state index contributed by atoms with van der Waals surface area (Å²) in [5.74, 6) is -0.751. The van der Waals surface area contributed by atoms with Gasteiger partial charge in [-0.1, -0.05) is 76.6 Å². The molecule has 0 aromatic heterocycles. The lowest BCUT2D eigenvalue weighted by atomic mass is 10.1. The molecule has 0 spiro atoms. The smallest absolute Gasteiger partial charge is 0.338 e. The van der Waals surface area contributed by atoms with Gasteiger partial charge in [-0.15, -0.1) is 0 Å². The first-order valence-electron chi connectivity index (χ1n) is 8.90. The van der Waals surface area contributed by atoms with Crippen molar-refractivity contribution in [3.05, 3.63) is 106 Å². The van der Waals surface area contributed by atoms with E-state index in [2.05, 4.69) is 15.9 Å². The molecule has 3 aromatic carbocycles. The minimum Gasteiger partial charge on any atom is -0.452 e. The van der Waals surface area contributed by atoms with E-state index in [0.29, 0.717) is 18.7 Å². The summed E-state index contributed by atoms with van der Waals surface area (Å²) in [7, 11) is 0. The van der Waals surface area contributed by atoms with Crippen LogP contribution >= 0.6 is 15.9 Å². The minimum absolute atomic E-state index is 0.238. The first kappa shape index (κ1) is 19.8. The van der Waals surface area contributed by atoms with Crippen molar-refractivity contribution in [2.24, 2.45) is 0 Å². The second-order valence-electron chi connectivity index (χ2n) is 6.30. The molecule has 3 rings (SSSR count). The highest BCUT2D eigenvalue weighted by Crippen LogP contribution is 2.13. The molecule has 0 heterocycles. The molecule has 1 amide bonds. The van der Waals surface area contributed by atoms with E-state index in [-0.39, 0.29) is 12.5 Å². The van der Waals surface area contributed by atoms with E-state index in [4.69, 9.17) is 4.74 Å². The molecule has 0 fully saturated rings. The monoisotopic (exact) mass is 437 g/mol. The van der Waals surface area contributed by atoms with E-state index >= 15 is 0 Å². The van der Waals surface area contributed by atoms with Gasteiger partial charge >= 0.3 is 5.97 Å². The largest absolute Gasteiger partial charge is 0.452 e. The molecule has 0 radical (unpaired) electrons. The number of rotatable bonds is 7. The van der Waals surface area contributed by atoms with Gasteiger partial charge in [0.25, 0.3) is 5.91 Å². The predicted octanol–water partition coefficient (Wildman–Crippen LogP) is 4.83. The van der Waals surface area contributed by atoms with Gasteiger partial charge in [-0.2, -0.15) is 0 Å². The predicted molar refractivity (Wildman–Crippen MR) is 112 cm³/mol. The fourth-order valence-electron chi connectivity index (χ4n) is 2.73. The minimum atomic E-state index is -0.514. The number of hydrogen-bond acceptors (Lipinski definition) is 3. The summed E-state index contributed by atoms with van der Waals surface area (Å²) in [6.45, 7) is 0.601. The zero-order valence-electron chi connectivity index (χ0n) is 15.3. The molecular weight excluding hydrogens is 418 g/mol. The molecule has 3 aromatic rings. The fourth-order valence-corrected chi connectivity index (χ4v) is 2.99. The first-order chi connectivity index (χ1) is 13.6. The van der Waals surface area contributed by atoms with Crippen molar-refractivity contribution >= 4 is 27.8 Å². The second-order valence-corrected chi connectivity index (χ2v) is 7.22. The molecule has 0 saturated heterocycles. The van der Waals surface area contributed by atoms with Crippen LogP contribution in [0, 0.1) is 0 Å². The number of hydrogen-bond donors (Lipinski definition) is 0. The van der Waals surface area contributed by atoms with E-state index < -0.39 is 5.97 Å². The van der Waals surface area contributed by atoms with Crippen molar-refractivity contribution in [2.45, 2.75) is 13.1 Å². The molecule has 0 bridgehead atoms. The van der Waals surface area contributed by atoms with Gasteiger partial charge in [0.15, 0.2) is 6.61 Å². The molecule has 142 valence electrons. The van der Waals surface area contributed by atoms with Crippen LogP contribution in [0.3, 0.4) is 0 Å². The highest BCUT2D eigenvalue weighted by Gasteiger charge is 2.17. The van der Waals surface area contributed by atoms with Crippen molar-refractivity contribution in [2.75, 3.05) is 6.61 Å². The van der Waals surface area contributed by atoms with E-state index in [1.54, 1.807) is 29.2 Å². The average Bonchev–Trinajstić information content (AvgIpc) is 2.73. The number of halogens is 1. The Bertz CT molecular complexity index is 870. The average molecular weight is 438 g/mol. The molecule has 0 atom stereocenters. The lowest BCUT2D eigenvalue weighted by Gasteiger charge is -2.23. The van der Waals surface area contributed by atoms with Gasteiger partial charge in [-0.05, 0) is 35.4 Å². The second kappa shape index (κ2) is 9.85. The Kier molecular flexibility index (Phi) is 6.98. The molecule has 0 N–H and O–H groups in total. The third-order valence-corrected chi connectivity index (χ3v) is 4.72. The maximum Gasteiger partial charge on any atom is 0.338 e. The van der Waals surface area contributed by atoms with E-state index in [9.17, 15) is 9.59 Å². The Morgan fingerprint density at radius 2 is 1.25 bits per heavy atom. The van der Waals surface area contributed by atoms with E-state index in [0.717, 1.165) is 15.6 Å². The molecule has 28 heavy (non-hydrogen) atoms. The van der Waals surface area contributed by atoms with Gasteiger partial charge in [0.1, 0.15) is 0 Å². The van der Waals surface area contributed by atoms with Crippen LogP contribution in [0.25, 0.3) is 0 Å². The Balaban J connectivity index is 1.66. The number of ether oxygens (including phenoxy) is 1. The number of amides is 1. The van der Waals surface area contributed by atoms with Crippen molar-refractivity contribution in [3.8, 4) is 0 Å². The highest BCUT2D eigenvalue weighted by molar-refractivity contribution is 9.10. The first-order valence-corrected chi connectivity index (χ1v) is 9.69. The van der Waals surface area contributed by atoms with Gasteiger partial charge in [0.05, 0.1) is 5.56 Å². The molecular formula is C23H20BrNO3. The summed E-state index contributed by atoms with van der Waals surface area (Å²) in [5.41, 5.74) is 2.45. The maximum absolute atomic E-state index is 12.8. The van der Waals surface area contributed by atoms with E-state index in [1.807, 2.05) is 60.7 Å². The van der Waals surface area contributed by atoms with Gasteiger partial charge in [-0.3, -0.25) is 4.79 Å². The molecule has 0 unspecified atom stereocenters. The molecule has 0 saturated carbocycles. The van der Waals surface area contributed by atoms with Crippen LogP contribution in [0.4, 0.5) is 0 Å². The molecule has 5 heteroatoms. The fraction of sp³-hybridized carbons (Fsp3) is 0.130. The van der Waals surface area contributed by atoms with Gasteiger partial charge in [-0.25, -0.2) is 4.79 Å². The third kappa shape index (κ3) is 5.79. The normalized spacial score (nSPS) is 10.3. The zero-order chi connectivity index (χ0) is 19.8. The van der Waals surface area contributed by atoms with Crippen molar-refractivity contribution in [1.29, 1.82) is 0 Å². The van der Waals surface area contributed by atoms with Gasteiger partial charge in [0, 0.05) is 17.6 Å². The Labute approximate surface area is 172 Å². The highest BCUT2D eigenvalue weighted by atomic mass is 79.9. The molecule has 0 aliphatic carbocycles. The van der Waals surface area contributed by atoms with Gasteiger partial charge < -0.3 is 9.64 Å². The Morgan fingerprint density at radius 3 is 1.75 bits per heavy atom. The number of benzene rings is 3.